The van der Waals surface area contributed by atoms with Crippen molar-refractivity contribution in [3.8, 4) is 0 Å². The number of fused-ring (bicyclic) bond motifs is 1. The lowest BCUT2D eigenvalue weighted by Crippen LogP contribution is -1.87. The standard InChI is InChI=1S/C7H5Cl2N3/c1-4-2-12-3-5(8)11-6(9)7(12)10-4/h2-3H,1H3. The number of rotatable bonds is 0. The van der Waals surface area contributed by atoms with E-state index < -0.39 is 0 Å². The SMILES string of the molecule is Cc1cn2cc(Cl)nc(Cl)c2n1. The number of hydrogen-bond acceptors (Lipinski definition) is 2. The topological polar surface area (TPSA) is 30.2 Å². The molecule has 0 fully saturated rings. The van der Waals surface area contributed by atoms with E-state index in [0.717, 1.165) is 5.69 Å². The van der Waals surface area contributed by atoms with Gasteiger partial charge in [-0.2, -0.15) is 0 Å². The van der Waals surface area contributed by atoms with Gasteiger partial charge in [-0.25, -0.2) is 9.97 Å². The summed E-state index contributed by atoms with van der Waals surface area (Å²) in [4.78, 5) is 8.03. The van der Waals surface area contributed by atoms with Gasteiger partial charge in [0.15, 0.2) is 10.8 Å². The number of aryl methyl sites for hydroxylation is 1. The molecule has 0 unspecified atom stereocenters. The first-order valence-corrected chi connectivity index (χ1v) is 4.10. The van der Waals surface area contributed by atoms with Crippen LogP contribution in [0.5, 0.6) is 0 Å². The fourth-order valence-corrected chi connectivity index (χ4v) is 1.52. The Morgan fingerprint density at radius 1 is 1.25 bits per heavy atom. The molecule has 62 valence electrons. The summed E-state index contributed by atoms with van der Waals surface area (Å²) in [6, 6.07) is 0. The van der Waals surface area contributed by atoms with Gasteiger partial charge in [0, 0.05) is 12.4 Å². The molecule has 0 aromatic carbocycles. The quantitative estimate of drug-likeness (QED) is 0.656. The van der Waals surface area contributed by atoms with Crippen LogP contribution in [-0.2, 0) is 0 Å². The Balaban J connectivity index is 2.88. The van der Waals surface area contributed by atoms with Crippen LogP contribution in [0, 0.1) is 6.92 Å². The molecule has 0 saturated carbocycles. The maximum absolute atomic E-state index is 5.80. The van der Waals surface area contributed by atoms with Gasteiger partial charge < -0.3 is 4.40 Å². The lowest BCUT2D eigenvalue weighted by atomic mass is 10.6. The number of hydrogen-bond donors (Lipinski definition) is 0. The third-order valence-corrected chi connectivity index (χ3v) is 1.92. The van der Waals surface area contributed by atoms with E-state index in [4.69, 9.17) is 23.2 Å². The highest BCUT2D eigenvalue weighted by molar-refractivity contribution is 6.34. The van der Waals surface area contributed by atoms with Gasteiger partial charge >= 0.3 is 0 Å². The van der Waals surface area contributed by atoms with Crippen LogP contribution >= 0.6 is 23.2 Å². The Hall–Kier alpha value is -0.800. The molecule has 0 radical (unpaired) electrons. The minimum absolute atomic E-state index is 0.329. The lowest BCUT2D eigenvalue weighted by Gasteiger charge is -1.94. The second kappa shape index (κ2) is 2.61. The molecule has 12 heavy (non-hydrogen) atoms. The van der Waals surface area contributed by atoms with Crippen LogP contribution in [0.3, 0.4) is 0 Å². The van der Waals surface area contributed by atoms with E-state index in [1.165, 1.54) is 0 Å². The maximum atomic E-state index is 5.80. The minimum atomic E-state index is 0.329. The van der Waals surface area contributed by atoms with E-state index in [9.17, 15) is 0 Å². The third-order valence-electron chi connectivity index (χ3n) is 1.49. The molecule has 2 rings (SSSR count). The predicted octanol–water partition coefficient (Wildman–Crippen LogP) is 2.34. The zero-order valence-corrected chi connectivity index (χ0v) is 7.76. The molecule has 2 heterocycles. The van der Waals surface area contributed by atoms with E-state index in [2.05, 4.69) is 9.97 Å². The van der Waals surface area contributed by atoms with Crippen LogP contribution in [0.2, 0.25) is 10.3 Å². The number of imidazole rings is 1. The van der Waals surface area contributed by atoms with Crippen molar-refractivity contribution in [3.63, 3.8) is 0 Å². The molecule has 0 aliphatic carbocycles. The van der Waals surface area contributed by atoms with Gasteiger partial charge in [-0.3, -0.25) is 0 Å². The molecule has 0 atom stereocenters. The lowest BCUT2D eigenvalue weighted by molar-refractivity contribution is 1.13. The summed E-state index contributed by atoms with van der Waals surface area (Å²) in [6.45, 7) is 1.89. The fraction of sp³-hybridized carbons (Fsp3) is 0.143. The van der Waals surface area contributed by atoms with E-state index in [0.29, 0.717) is 16.0 Å². The van der Waals surface area contributed by atoms with Gasteiger partial charge in [0.2, 0.25) is 0 Å². The second-order valence-electron chi connectivity index (χ2n) is 2.47. The summed E-state index contributed by atoms with van der Waals surface area (Å²) in [5.74, 6) is 0. The van der Waals surface area contributed by atoms with Crippen molar-refractivity contribution in [3.05, 3.63) is 28.4 Å². The highest BCUT2D eigenvalue weighted by atomic mass is 35.5. The number of aromatic nitrogens is 3. The highest BCUT2D eigenvalue weighted by Crippen LogP contribution is 2.17. The van der Waals surface area contributed by atoms with Gasteiger partial charge in [0.1, 0.15) is 5.15 Å². The van der Waals surface area contributed by atoms with Crippen molar-refractivity contribution in [2.45, 2.75) is 6.92 Å². The fourth-order valence-electron chi connectivity index (χ4n) is 1.05. The first-order valence-electron chi connectivity index (χ1n) is 3.34. The first kappa shape index (κ1) is 7.83. The zero-order valence-electron chi connectivity index (χ0n) is 6.25. The largest absolute Gasteiger partial charge is 0.301 e. The Bertz CT molecular complexity index is 435. The number of halogens is 2. The summed E-state index contributed by atoms with van der Waals surface area (Å²) in [7, 11) is 0. The molecule has 0 amide bonds. The molecule has 0 bridgehead atoms. The van der Waals surface area contributed by atoms with Crippen LogP contribution in [0.15, 0.2) is 12.4 Å². The van der Waals surface area contributed by atoms with E-state index in [1.54, 1.807) is 10.6 Å². The molecule has 3 nitrogen and oxygen atoms in total. The van der Waals surface area contributed by atoms with Crippen molar-refractivity contribution < 1.29 is 0 Å². The Morgan fingerprint density at radius 3 is 2.75 bits per heavy atom. The van der Waals surface area contributed by atoms with Gasteiger partial charge in [-0.1, -0.05) is 23.2 Å². The minimum Gasteiger partial charge on any atom is -0.301 e. The van der Waals surface area contributed by atoms with E-state index in [1.807, 2.05) is 13.1 Å². The van der Waals surface area contributed by atoms with Crippen molar-refractivity contribution in [1.29, 1.82) is 0 Å². The molecule has 0 spiro atoms. The molecule has 0 N–H and O–H groups in total. The average Bonchev–Trinajstić information content (AvgIpc) is 2.29. The Morgan fingerprint density at radius 2 is 2.00 bits per heavy atom. The van der Waals surface area contributed by atoms with Gasteiger partial charge in [-0.15, -0.1) is 0 Å². The van der Waals surface area contributed by atoms with Crippen LogP contribution in [-0.4, -0.2) is 14.4 Å². The molecule has 5 heteroatoms. The van der Waals surface area contributed by atoms with Gasteiger partial charge in [0.25, 0.3) is 0 Å². The number of nitrogens with zero attached hydrogens (tertiary/aromatic N) is 3. The summed E-state index contributed by atoms with van der Waals surface area (Å²) in [6.07, 6.45) is 3.51. The van der Waals surface area contributed by atoms with Gasteiger partial charge in [0.05, 0.1) is 5.69 Å². The van der Waals surface area contributed by atoms with E-state index in [-0.39, 0.29) is 0 Å². The second-order valence-corrected chi connectivity index (χ2v) is 3.21. The monoisotopic (exact) mass is 201 g/mol. The summed E-state index contributed by atoms with van der Waals surface area (Å²) in [5.41, 5.74) is 1.53. The molecule has 0 aliphatic rings. The maximum Gasteiger partial charge on any atom is 0.175 e. The predicted molar refractivity (Wildman–Crippen MR) is 47.7 cm³/mol. The third kappa shape index (κ3) is 1.15. The summed E-state index contributed by atoms with van der Waals surface area (Å²) < 4.78 is 1.76. The van der Waals surface area contributed by atoms with Crippen molar-refractivity contribution in [2.24, 2.45) is 0 Å². The Labute approximate surface area is 79.0 Å². The highest BCUT2D eigenvalue weighted by Gasteiger charge is 2.04. The molecule has 2 aromatic rings. The van der Waals surface area contributed by atoms with Crippen LogP contribution < -0.4 is 0 Å². The van der Waals surface area contributed by atoms with Crippen LogP contribution in [0.4, 0.5) is 0 Å². The molecular formula is C7H5Cl2N3. The smallest absolute Gasteiger partial charge is 0.175 e. The molecule has 2 aromatic heterocycles. The van der Waals surface area contributed by atoms with Crippen LogP contribution in [0.1, 0.15) is 5.69 Å². The first-order chi connectivity index (χ1) is 5.66. The average molecular weight is 202 g/mol. The summed E-state index contributed by atoms with van der Waals surface area (Å²) in [5, 5.41) is 0.695. The van der Waals surface area contributed by atoms with Crippen molar-refractivity contribution in [1.82, 2.24) is 14.4 Å². The van der Waals surface area contributed by atoms with Crippen molar-refractivity contribution >= 4 is 28.8 Å². The molecule has 0 saturated heterocycles. The molecular weight excluding hydrogens is 197 g/mol. The normalized spacial score (nSPS) is 10.9. The Kier molecular flexibility index (Phi) is 1.70. The van der Waals surface area contributed by atoms with Gasteiger partial charge in [-0.05, 0) is 6.92 Å². The van der Waals surface area contributed by atoms with E-state index >= 15 is 0 Å². The molecule has 0 aliphatic heterocycles. The summed E-state index contributed by atoms with van der Waals surface area (Å²) >= 11 is 11.5. The van der Waals surface area contributed by atoms with Crippen molar-refractivity contribution in [2.75, 3.05) is 0 Å². The van der Waals surface area contributed by atoms with Crippen LogP contribution in [0.25, 0.3) is 5.65 Å². The zero-order chi connectivity index (χ0) is 8.72.